The summed E-state index contributed by atoms with van der Waals surface area (Å²) in [5.74, 6) is -0.831. The number of esters is 1. The van der Waals surface area contributed by atoms with Gasteiger partial charge in [-0.2, -0.15) is 0 Å². The molecule has 2 rings (SSSR count). The molecule has 0 saturated heterocycles. The van der Waals surface area contributed by atoms with Gasteiger partial charge in [-0.25, -0.2) is 13.1 Å². The van der Waals surface area contributed by atoms with Crippen LogP contribution in [0.3, 0.4) is 0 Å². The summed E-state index contributed by atoms with van der Waals surface area (Å²) in [5.41, 5.74) is 1.06. The SMILES string of the molecule is CC(C)NS(=O)(=O)c1ccc(C(=O)NC(CC(=O)OC(C)C)c2ccccc2)cc1. The van der Waals surface area contributed by atoms with E-state index in [1.165, 1.54) is 24.3 Å². The third-order valence-corrected chi connectivity index (χ3v) is 5.74. The molecular formula is C22H28N2O5S. The van der Waals surface area contributed by atoms with Gasteiger partial charge in [0.2, 0.25) is 10.0 Å². The summed E-state index contributed by atoms with van der Waals surface area (Å²) < 4.78 is 32.2. The van der Waals surface area contributed by atoms with Crippen LogP contribution in [0.25, 0.3) is 0 Å². The maximum absolute atomic E-state index is 12.7. The van der Waals surface area contributed by atoms with E-state index in [0.717, 1.165) is 5.56 Å². The number of amides is 1. The Labute approximate surface area is 177 Å². The molecule has 2 N–H and O–H groups in total. The maximum Gasteiger partial charge on any atom is 0.308 e. The van der Waals surface area contributed by atoms with Gasteiger partial charge in [-0.05, 0) is 57.5 Å². The molecule has 1 amide bonds. The van der Waals surface area contributed by atoms with Gasteiger partial charge in [-0.15, -0.1) is 0 Å². The normalized spacial score (nSPS) is 12.6. The lowest BCUT2D eigenvalue weighted by molar-refractivity contribution is -0.147. The number of rotatable bonds is 9. The molecule has 0 fully saturated rings. The molecule has 162 valence electrons. The Balaban J connectivity index is 2.18. The lowest BCUT2D eigenvalue weighted by Crippen LogP contribution is -2.31. The standard InChI is InChI=1S/C22H28N2O5S/c1-15(2)24-30(27,28)19-12-10-18(11-13-19)22(26)23-20(14-21(25)29-16(3)4)17-8-6-5-7-9-17/h5-13,15-16,20,24H,14H2,1-4H3,(H,23,26). The molecule has 0 bridgehead atoms. The molecule has 1 unspecified atom stereocenters. The highest BCUT2D eigenvalue weighted by molar-refractivity contribution is 7.89. The Morgan fingerprint density at radius 3 is 2.07 bits per heavy atom. The molecule has 0 spiro atoms. The molecule has 0 heterocycles. The minimum Gasteiger partial charge on any atom is -0.463 e. The van der Waals surface area contributed by atoms with E-state index in [1.807, 2.05) is 30.3 Å². The van der Waals surface area contributed by atoms with Gasteiger partial charge in [-0.3, -0.25) is 9.59 Å². The summed E-state index contributed by atoms with van der Waals surface area (Å²) in [4.78, 5) is 25.0. The highest BCUT2D eigenvalue weighted by Crippen LogP contribution is 2.19. The highest BCUT2D eigenvalue weighted by Gasteiger charge is 2.21. The topological polar surface area (TPSA) is 102 Å². The Morgan fingerprint density at radius 1 is 0.933 bits per heavy atom. The van der Waals surface area contributed by atoms with Crippen molar-refractivity contribution >= 4 is 21.9 Å². The van der Waals surface area contributed by atoms with Gasteiger partial charge < -0.3 is 10.1 Å². The second-order valence-electron chi connectivity index (χ2n) is 7.48. The van der Waals surface area contributed by atoms with Crippen LogP contribution in [0.5, 0.6) is 0 Å². The predicted octanol–water partition coefficient (Wildman–Crippen LogP) is 3.19. The quantitative estimate of drug-likeness (QED) is 0.593. The summed E-state index contributed by atoms with van der Waals surface area (Å²) in [5, 5.41) is 2.84. The van der Waals surface area contributed by atoms with Crippen molar-refractivity contribution in [2.75, 3.05) is 0 Å². The van der Waals surface area contributed by atoms with E-state index in [9.17, 15) is 18.0 Å². The van der Waals surface area contributed by atoms with Crippen LogP contribution >= 0.6 is 0 Å². The minimum atomic E-state index is -3.64. The summed E-state index contributed by atoms with van der Waals surface area (Å²) in [7, 11) is -3.64. The molecular weight excluding hydrogens is 404 g/mol. The monoisotopic (exact) mass is 432 g/mol. The van der Waals surface area contributed by atoms with Gasteiger partial charge in [0, 0.05) is 11.6 Å². The first kappa shape index (κ1) is 23.6. The fourth-order valence-corrected chi connectivity index (χ4v) is 4.07. The Hall–Kier alpha value is -2.71. The van der Waals surface area contributed by atoms with Crippen molar-refractivity contribution < 1.29 is 22.7 Å². The lowest BCUT2D eigenvalue weighted by atomic mass is 10.0. The predicted molar refractivity (Wildman–Crippen MR) is 114 cm³/mol. The molecule has 7 nitrogen and oxygen atoms in total. The Bertz CT molecular complexity index is 955. The van der Waals surface area contributed by atoms with E-state index in [4.69, 9.17) is 4.74 Å². The van der Waals surface area contributed by atoms with Crippen molar-refractivity contribution in [2.45, 2.75) is 57.2 Å². The van der Waals surface area contributed by atoms with Crippen molar-refractivity contribution in [3.8, 4) is 0 Å². The zero-order valence-corrected chi connectivity index (χ0v) is 18.4. The first-order valence-corrected chi connectivity index (χ1v) is 11.2. The van der Waals surface area contributed by atoms with Crippen LogP contribution in [0.2, 0.25) is 0 Å². The van der Waals surface area contributed by atoms with E-state index >= 15 is 0 Å². The van der Waals surface area contributed by atoms with E-state index in [2.05, 4.69) is 10.0 Å². The van der Waals surface area contributed by atoms with Gasteiger partial charge >= 0.3 is 5.97 Å². The van der Waals surface area contributed by atoms with E-state index in [1.54, 1.807) is 27.7 Å². The zero-order chi connectivity index (χ0) is 22.3. The smallest absolute Gasteiger partial charge is 0.308 e. The fourth-order valence-electron chi connectivity index (χ4n) is 2.82. The molecule has 1 atom stereocenters. The third-order valence-electron chi connectivity index (χ3n) is 4.06. The average Bonchev–Trinajstić information content (AvgIpc) is 2.66. The van der Waals surface area contributed by atoms with Crippen molar-refractivity contribution in [1.29, 1.82) is 0 Å². The highest BCUT2D eigenvalue weighted by atomic mass is 32.2. The van der Waals surface area contributed by atoms with Crippen LogP contribution in [-0.2, 0) is 19.6 Å². The van der Waals surface area contributed by atoms with Crippen LogP contribution < -0.4 is 10.0 Å². The summed E-state index contributed by atoms with van der Waals surface area (Å²) in [6, 6.07) is 14.0. The molecule has 30 heavy (non-hydrogen) atoms. The number of carbonyl (C=O) groups is 2. The van der Waals surface area contributed by atoms with Gasteiger partial charge in [0.25, 0.3) is 5.91 Å². The molecule has 2 aromatic carbocycles. The van der Waals surface area contributed by atoms with Crippen molar-refractivity contribution in [3.05, 3.63) is 65.7 Å². The van der Waals surface area contributed by atoms with Crippen molar-refractivity contribution in [2.24, 2.45) is 0 Å². The van der Waals surface area contributed by atoms with Crippen LogP contribution in [-0.4, -0.2) is 32.4 Å². The van der Waals surface area contributed by atoms with Crippen molar-refractivity contribution in [3.63, 3.8) is 0 Å². The third kappa shape index (κ3) is 6.96. The largest absolute Gasteiger partial charge is 0.463 e. The summed E-state index contributed by atoms with van der Waals surface area (Å²) in [6.07, 6.45) is -0.267. The molecule has 2 aromatic rings. The van der Waals surface area contributed by atoms with Crippen LogP contribution in [0.4, 0.5) is 0 Å². The second kappa shape index (κ2) is 10.4. The molecule has 0 saturated carbocycles. The Morgan fingerprint density at radius 2 is 1.53 bits per heavy atom. The Kier molecular flexibility index (Phi) is 8.14. The summed E-state index contributed by atoms with van der Waals surface area (Å²) in [6.45, 7) is 6.98. The van der Waals surface area contributed by atoms with Crippen LogP contribution in [0.1, 0.15) is 56.1 Å². The van der Waals surface area contributed by atoms with Gasteiger partial charge in [0.15, 0.2) is 0 Å². The van der Waals surface area contributed by atoms with Gasteiger partial charge in [-0.1, -0.05) is 30.3 Å². The number of hydrogen-bond acceptors (Lipinski definition) is 5. The number of benzene rings is 2. The molecule has 0 aromatic heterocycles. The van der Waals surface area contributed by atoms with E-state index in [0.29, 0.717) is 0 Å². The van der Waals surface area contributed by atoms with E-state index < -0.39 is 27.9 Å². The molecule has 0 aliphatic rings. The summed E-state index contributed by atoms with van der Waals surface area (Å²) >= 11 is 0. The number of hydrogen-bond donors (Lipinski definition) is 2. The zero-order valence-electron chi connectivity index (χ0n) is 17.6. The minimum absolute atomic E-state index is 0.0152. The molecule has 0 aliphatic heterocycles. The van der Waals surface area contributed by atoms with Gasteiger partial charge in [0.1, 0.15) is 0 Å². The van der Waals surface area contributed by atoms with Gasteiger partial charge in [0.05, 0.1) is 23.5 Å². The number of nitrogens with one attached hydrogen (secondary N) is 2. The van der Waals surface area contributed by atoms with Crippen LogP contribution in [0.15, 0.2) is 59.5 Å². The first-order chi connectivity index (χ1) is 14.1. The van der Waals surface area contributed by atoms with Crippen LogP contribution in [0, 0.1) is 0 Å². The maximum atomic E-state index is 12.7. The number of ether oxygens (including phenoxy) is 1. The number of sulfonamides is 1. The molecule has 0 radical (unpaired) electrons. The second-order valence-corrected chi connectivity index (χ2v) is 9.19. The number of carbonyl (C=O) groups excluding carboxylic acids is 2. The fraction of sp³-hybridized carbons (Fsp3) is 0.364. The molecule has 8 heteroatoms. The average molecular weight is 433 g/mol. The van der Waals surface area contributed by atoms with E-state index in [-0.39, 0.29) is 29.0 Å². The first-order valence-electron chi connectivity index (χ1n) is 9.76. The molecule has 0 aliphatic carbocycles. The van der Waals surface area contributed by atoms with Crippen molar-refractivity contribution in [1.82, 2.24) is 10.0 Å². The lowest BCUT2D eigenvalue weighted by Gasteiger charge is -2.19.